The van der Waals surface area contributed by atoms with Crippen molar-refractivity contribution < 1.29 is 4.74 Å². The van der Waals surface area contributed by atoms with Crippen LogP contribution in [0.25, 0.3) is 0 Å². The van der Waals surface area contributed by atoms with Crippen molar-refractivity contribution in [2.45, 2.75) is 45.3 Å². The Morgan fingerprint density at radius 1 is 1.42 bits per heavy atom. The number of benzene rings is 1. The lowest BCUT2D eigenvalue weighted by Crippen LogP contribution is -2.19. The molecule has 0 aliphatic heterocycles. The summed E-state index contributed by atoms with van der Waals surface area (Å²) in [4.78, 5) is 0. The summed E-state index contributed by atoms with van der Waals surface area (Å²) in [6.07, 6.45) is 9.19. The summed E-state index contributed by atoms with van der Waals surface area (Å²) in [6.45, 7) is 3.98. The zero-order valence-corrected chi connectivity index (χ0v) is 12.2. The Balaban J connectivity index is 2.04. The average molecular weight is 280 g/mol. The van der Waals surface area contributed by atoms with E-state index in [-0.39, 0.29) is 6.10 Å². The smallest absolute Gasteiger partial charge is 0.124 e. The standard InChI is InChI=1S/C16H22ClNO/c1-2-10-18-12-13-11-14(17)8-9-16(13)19-15-6-4-3-5-7-15/h4,6,8-9,11,15,18H,2-3,5,7,10,12H2,1H3. The van der Waals surface area contributed by atoms with E-state index >= 15 is 0 Å². The van der Waals surface area contributed by atoms with E-state index < -0.39 is 0 Å². The highest BCUT2D eigenvalue weighted by molar-refractivity contribution is 6.30. The third-order valence-electron chi connectivity index (χ3n) is 3.25. The molecule has 0 saturated carbocycles. The van der Waals surface area contributed by atoms with E-state index in [1.54, 1.807) is 0 Å². The number of ether oxygens (including phenoxy) is 1. The Labute approximate surface area is 120 Å². The van der Waals surface area contributed by atoms with E-state index in [1.807, 2.05) is 18.2 Å². The summed E-state index contributed by atoms with van der Waals surface area (Å²) >= 11 is 6.08. The Kier molecular flexibility index (Phi) is 5.74. The van der Waals surface area contributed by atoms with Gasteiger partial charge in [0.05, 0.1) is 0 Å². The SMILES string of the molecule is CCCNCc1cc(Cl)ccc1OC1C=CCCC1. The second kappa shape index (κ2) is 7.56. The van der Waals surface area contributed by atoms with Crippen LogP contribution in [0, 0.1) is 0 Å². The summed E-state index contributed by atoms with van der Waals surface area (Å²) in [7, 11) is 0. The lowest BCUT2D eigenvalue weighted by atomic mass is 10.1. The normalized spacial score (nSPS) is 18.5. The predicted molar refractivity (Wildman–Crippen MR) is 80.9 cm³/mol. The second-order valence-corrected chi connectivity index (χ2v) is 5.38. The maximum absolute atomic E-state index is 6.09. The number of rotatable bonds is 6. The molecule has 0 spiro atoms. The molecule has 0 bridgehead atoms. The molecule has 1 aromatic rings. The van der Waals surface area contributed by atoms with E-state index in [4.69, 9.17) is 16.3 Å². The molecule has 2 nitrogen and oxygen atoms in total. The van der Waals surface area contributed by atoms with Gasteiger partial charge < -0.3 is 10.1 Å². The molecule has 1 atom stereocenters. The van der Waals surface area contributed by atoms with Crippen LogP contribution in [0.15, 0.2) is 30.4 Å². The molecule has 1 aromatic carbocycles. The molecule has 1 N–H and O–H groups in total. The third kappa shape index (κ3) is 4.55. The maximum atomic E-state index is 6.09. The summed E-state index contributed by atoms with van der Waals surface area (Å²) in [5.41, 5.74) is 1.14. The van der Waals surface area contributed by atoms with Gasteiger partial charge in [-0.1, -0.05) is 24.6 Å². The van der Waals surface area contributed by atoms with Crippen molar-refractivity contribution in [2.75, 3.05) is 6.54 Å². The topological polar surface area (TPSA) is 21.3 Å². The molecule has 0 aromatic heterocycles. The highest BCUT2D eigenvalue weighted by Gasteiger charge is 2.12. The molecular weight excluding hydrogens is 258 g/mol. The van der Waals surface area contributed by atoms with Gasteiger partial charge in [0.25, 0.3) is 0 Å². The predicted octanol–water partition coefficient (Wildman–Crippen LogP) is 4.33. The Bertz CT molecular complexity index is 431. The monoisotopic (exact) mass is 279 g/mol. The van der Waals surface area contributed by atoms with Crippen molar-refractivity contribution in [1.29, 1.82) is 0 Å². The van der Waals surface area contributed by atoms with Crippen LogP contribution in [0.5, 0.6) is 5.75 Å². The Morgan fingerprint density at radius 3 is 3.05 bits per heavy atom. The highest BCUT2D eigenvalue weighted by atomic mass is 35.5. The van der Waals surface area contributed by atoms with Gasteiger partial charge in [-0.25, -0.2) is 0 Å². The number of hydrogen-bond acceptors (Lipinski definition) is 2. The molecule has 1 aliphatic rings. The summed E-state index contributed by atoms with van der Waals surface area (Å²) < 4.78 is 6.09. The van der Waals surface area contributed by atoms with Gasteiger partial charge in [0.15, 0.2) is 0 Å². The first-order valence-electron chi connectivity index (χ1n) is 7.12. The van der Waals surface area contributed by atoms with E-state index in [0.29, 0.717) is 0 Å². The van der Waals surface area contributed by atoms with Gasteiger partial charge in [-0.05, 0) is 56.5 Å². The minimum atomic E-state index is 0.208. The maximum Gasteiger partial charge on any atom is 0.124 e. The zero-order valence-electron chi connectivity index (χ0n) is 11.5. The summed E-state index contributed by atoms with van der Waals surface area (Å²) in [5.74, 6) is 0.949. The third-order valence-corrected chi connectivity index (χ3v) is 3.49. The molecule has 3 heteroatoms. The van der Waals surface area contributed by atoms with Gasteiger partial charge in [0, 0.05) is 17.1 Å². The van der Waals surface area contributed by atoms with E-state index in [1.165, 1.54) is 12.8 Å². The molecular formula is C16H22ClNO. The van der Waals surface area contributed by atoms with Crippen LogP contribution in [-0.4, -0.2) is 12.6 Å². The first-order valence-corrected chi connectivity index (χ1v) is 7.50. The number of nitrogens with one attached hydrogen (secondary N) is 1. The molecule has 0 radical (unpaired) electrons. The fourth-order valence-corrected chi connectivity index (χ4v) is 2.44. The minimum Gasteiger partial charge on any atom is -0.486 e. The lowest BCUT2D eigenvalue weighted by Gasteiger charge is -2.20. The van der Waals surface area contributed by atoms with Crippen molar-refractivity contribution in [3.05, 3.63) is 40.9 Å². The van der Waals surface area contributed by atoms with Crippen LogP contribution < -0.4 is 10.1 Å². The number of hydrogen-bond donors (Lipinski definition) is 1. The van der Waals surface area contributed by atoms with Crippen LogP contribution in [0.2, 0.25) is 5.02 Å². The van der Waals surface area contributed by atoms with Gasteiger partial charge in [0.1, 0.15) is 11.9 Å². The molecule has 0 heterocycles. The van der Waals surface area contributed by atoms with Crippen molar-refractivity contribution in [2.24, 2.45) is 0 Å². The van der Waals surface area contributed by atoms with Crippen LogP contribution in [0.3, 0.4) is 0 Å². The molecule has 2 rings (SSSR count). The van der Waals surface area contributed by atoms with E-state index in [9.17, 15) is 0 Å². The minimum absolute atomic E-state index is 0.208. The van der Waals surface area contributed by atoms with E-state index in [0.717, 1.165) is 42.3 Å². The summed E-state index contributed by atoms with van der Waals surface area (Å²) in [5, 5.41) is 4.16. The zero-order chi connectivity index (χ0) is 13.5. The molecule has 1 aliphatic carbocycles. The van der Waals surface area contributed by atoms with Gasteiger partial charge in [-0.15, -0.1) is 0 Å². The Morgan fingerprint density at radius 2 is 2.32 bits per heavy atom. The van der Waals surface area contributed by atoms with Crippen LogP contribution in [0.1, 0.15) is 38.2 Å². The van der Waals surface area contributed by atoms with Crippen molar-refractivity contribution in [1.82, 2.24) is 5.32 Å². The fourth-order valence-electron chi connectivity index (χ4n) is 2.24. The van der Waals surface area contributed by atoms with Crippen molar-refractivity contribution in [3.8, 4) is 5.75 Å². The molecule has 104 valence electrons. The van der Waals surface area contributed by atoms with Gasteiger partial charge in [-0.3, -0.25) is 0 Å². The molecule has 19 heavy (non-hydrogen) atoms. The largest absolute Gasteiger partial charge is 0.486 e. The molecule has 0 fully saturated rings. The van der Waals surface area contributed by atoms with Crippen molar-refractivity contribution >= 4 is 11.6 Å². The van der Waals surface area contributed by atoms with E-state index in [2.05, 4.69) is 24.4 Å². The van der Waals surface area contributed by atoms with Crippen LogP contribution in [0.4, 0.5) is 0 Å². The molecule has 1 unspecified atom stereocenters. The highest BCUT2D eigenvalue weighted by Crippen LogP contribution is 2.26. The average Bonchev–Trinajstić information content (AvgIpc) is 2.43. The Hall–Kier alpha value is -0.990. The molecule has 0 saturated heterocycles. The van der Waals surface area contributed by atoms with Crippen molar-refractivity contribution in [3.63, 3.8) is 0 Å². The molecule has 0 amide bonds. The van der Waals surface area contributed by atoms with Crippen LogP contribution in [-0.2, 0) is 6.54 Å². The van der Waals surface area contributed by atoms with Gasteiger partial charge in [0.2, 0.25) is 0 Å². The quantitative estimate of drug-likeness (QED) is 0.618. The van der Waals surface area contributed by atoms with Crippen LogP contribution >= 0.6 is 11.6 Å². The fraction of sp³-hybridized carbons (Fsp3) is 0.500. The second-order valence-electron chi connectivity index (χ2n) is 4.94. The lowest BCUT2D eigenvalue weighted by molar-refractivity contribution is 0.227. The number of allylic oxidation sites excluding steroid dienone is 1. The number of halogens is 1. The first kappa shape index (κ1) is 14.4. The summed E-state index contributed by atoms with van der Waals surface area (Å²) in [6, 6.07) is 5.87. The van der Waals surface area contributed by atoms with Gasteiger partial charge in [-0.2, -0.15) is 0 Å². The van der Waals surface area contributed by atoms with Gasteiger partial charge >= 0.3 is 0 Å². The first-order chi connectivity index (χ1) is 9.29.